The van der Waals surface area contributed by atoms with Crippen molar-refractivity contribution in [3.05, 3.63) is 78.5 Å². The molecule has 0 aliphatic rings. The van der Waals surface area contributed by atoms with Gasteiger partial charge >= 0.3 is 0 Å². The van der Waals surface area contributed by atoms with Crippen molar-refractivity contribution in [2.75, 3.05) is 0 Å². The summed E-state index contributed by atoms with van der Waals surface area (Å²) < 4.78 is 0. The summed E-state index contributed by atoms with van der Waals surface area (Å²) in [5.74, 6) is 0. The van der Waals surface area contributed by atoms with Crippen molar-refractivity contribution >= 4 is 0 Å². The summed E-state index contributed by atoms with van der Waals surface area (Å²) in [4.78, 5) is 4.45. The fourth-order valence-corrected chi connectivity index (χ4v) is 2.18. The van der Waals surface area contributed by atoms with Crippen molar-refractivity contribution in [2.45, 2.75) is 6.92 Å². The predicted molar refractivity (Wildman–Crippen MR) is 78.7 cm³/mol. The van der Waals surface area contributed by atoms with Gasteiger partial charge in [0.05, 0.1) is 0 Å². The average molecular weight is 437 g/mol. The predicted octanol–water partition coefficient (Wildman–Crippen LogP) is 4.52. The quantitative estimate of drug-likeness (QED) is 0.539. The summed E-state index contributed by atoms with van der Waals surface area (Å²) in [7, 11) is 0. The van der Waals surface area contributed by atoms with Crippen LogP contribution in [0.3, 0.4) is 0 Å². The Morgan fingerprint density at radius 1 is 0.900 bits per heavy atom. The van der Waals surface area contributed by atoms with Crippen LogP contribution in [0.15, 0.2) is 66.9 Å². The van der Waals surface area contributed by atoms with Crippen LogP contribution in [0.2, 0.25) is 0 Å². The van der Waals surface area contributed by atoms with Crippen LogP contribution in [-0.2, 0) is 20.1 Å². The van der Waals surface area contributed by atoms with Gasteiger partial charge in [0.2, 0.25) is 0 Å². The van der Waals surface area contributed by atoms with Crippen LogP contribution in [0.5, 0.6) is 0 Å². The molecular weight excluding hydrogens is 422 g/mol. The molecule has 0 N–H and O–H groups in total. The van der Waals surface area contributed by atoms with Gasteiger partial charge in [-0.2, -0.15) is 0 Å². The minimum absolute atomic E-state index is 0. The number of hydrogen-bond donors (Lipinski definition) is 0. The maximum absolute atomic E-state index is 4.45. The van der Waals surface area contributed by atoms with E-state index in [0.717, 1.165) is 11.3 Å². The van der Waals surface area contributed by atoms with E-state index >= 15 is 0 Å². The molecule has 0 bridgehead atoms. The van der Waals surface area contributed by atoms with Crippen LogP contribution in [0, 0.1) is 13.0 Å². The van der Waals surface area contributed by atoms with Gasteiger partial charge in [-0.15, -0.1) is 35.4 Å². The fraction of sp³-hybridized carbons (Fsp3) is 0.0556. The van der Waals surface area contributed by atoms with Gasteiger partial charge in [-0.05, 0) is 24.2 Å². The van der Waals surface area contributed by atoms with E-state index in [1.54, 1.807) is 0 Å². The van der Waals surface area contributed by atoms with Gasteiger partial charge < -0.3 is 4.98 Å². The molecule has 0 unspecified atom stereocenters. The molecule has 2 heteroatoms. The first-order valence-electron chi connectivity index (χ1n) is 6.34. The molecule has 0 aliphatic heterocycles. The largest absolute Gasteiger partial charge is 0.304 e. The molecule has 101 valence electrons. The Bertz CT molecular complexity index is 693. The summed E-state index contributed by atoms with van der Waals surface area (Å²) >= 11 is 0. The summed E-state index contributed by atoms with van der Waals surface area (Å²) in [6.07, 6.45) is 1.82. The number of nitrogens with zero attached hydrogens (tertiary/aromatic N) is 1. The SMILES string of the molecule is Cc1cccnc1-c1[c-]ccc(-c2ccccc2)c1.[Ir]. The molecule has 3 aromatic rings. The maximum atomic E-state index is 4.45. The zero-order chi connectivity index (χ0) is 13.1. The van der Waals surface area contributed by atoms with Crippen molar-refractivity contribution in [1.29, 1.82) is 0 Å². The van der Waals surface area contributed by atoms with Crippen molar-refractivity contribution in [1.82, 2.24) is 4.98 Å². The Morgan fingerprint density at radius 3 is 2.45 bits per heavy atom. The second-order valence-electron chi connectivity index (χ2n) is 4.53. The Labute approximate surface area is 133 Å². The molecule has 3 rings (SSSR count). The first kappa shape index (κ1) is 14.6. The smallest absolute Gasteiger partial charge is 0.0160 e. The number of benzene rings is 2. The van der Waals surface area contributed by atoms with Gasteiger partial charge in [-0.1, -0.05) is 42.0 Å². The van der Waals surface area contributed by atoms with Crippen LogP contribution in [-0.4, -0.2) is 4.98 Å². The fourth-order valence-electron chi connectivity index (χ4n) is 2.18. The van der Waals surface area contributed by atoms with Crippen molar-refractivity contribution in [3.63, 3.8) is 0 Å². The molecule has 0 fully saturated rings. The molecule has 1 aromatic heterocycles. The second-order valence-corrected chi connectivity index (χ2v) is 4.53. The minimum Gasteiger partial charge on any atom is -0.304 e. The average Bonchev–Trinajstić information content (AvgIpc) is 2.49. The molecule has 0 aliphatic carbocycles. The third-order valence-electron chi connectivity index (χ3n) is 3.17. The topological polar surface area (TPSA) is 12.9 Å². The van der Waals surface area contributed by atoms with Gasteiger partial charge in [0.1, 0.15) is 0 Å². The maximum Gasteiger partial charge on any atom is 0.0160 e. The molecule has 20 heavy (non-hydrogen) atoms. The van der Waals surface area contributed by atoms with Crippen molar-refractivity contribution < 1.29 is 20.1 Å². The zero-order valence-corrected chi connectivity index (χ0v) is 13.5. The molecule has 0 saturated carbocycles. The van der Waals surface area contributed by atoms with Gasteiger partial charge in [0.15, 0.2) is 0 Å². The monoisotopic (exact) mass is 437 g/mol. The van der Waals surface area contributed by atoms with E-state index in [2.05, 4.69) is 60.4 Å². The van der Waals surface area contributed by atoms with Gasteiger partial charge in [-0.25, -0.2) is 0 Å². The summed E-state index contributed by atoms with van der Waals surface area (Å²) in [5.41, 5.74) is 5.62. The van der Waals surface area contributed by atoms with Gasteiger partial charge in [0, 0.05) is 26.3 Å². The molecule has 1 radical (unpaired) electrons. The van der Waals surface area contributed by atoms with Crippen molar-refractivity contribution in [2.24, 2.45) is 0 Å². The molecule has 2 aromatic carbocycles. The van der Waals surface area contributed by atoms with Crippen LogP contribution in [0.1, 0.15) is 5.56 Å². The first-order chi connectivity index (χ1) is 9.34. The first-order valence-corrected chi connectivity index (χ1v) is 6.34. The van der Waals surface area contributed by atoms with E-state index in [1.165, 1.54) is 16.7 Å². The Kier molecular flexibility index (Phi) is 4.83. The van der Waals surface area contributed by atoms with Gasteiger partial charge in [-0.3, -0.25) is 0 Å². The van der Waals surface area contributed by atoms with Crippen LogP contribution >= 0.6 is 0 Å². The molecule has 0 atom stereocenters. The number of hydrogen-bond acceptors (Lipinski definition) is 1. The van der Waals surface area contributed by atoms with Crippen LogP contribution in [0.4, 0.5) is 0 Å². The van der Waals surface area contributed by atoms with Crippen LogP contribution in [0.25, 0.3) is 22.4 Å². The summed E-state index contributed by atoms with van der Waals surface area (Å²) in [6.45, 7) is 2.07. The van der Waals surface area contributed by atoms with E-state index in [4.69, 9.17) is 0 Å². The molecule has 1 heterocycles. The number of aromatic nitrogens is 1. The van der Waals surface area contributed by atoms with E-state index in [-0.39, 0.29) is 20.1 Å². The third kappa shape index (κ3) is 3.04. The van der Waals surface area contributed by atoms with Crippen LogP contribution < -0.4 is 0 Å². The molecule has 0 spiro atoms. The summed E-state index contributed by atoms with van der Waals surface area (Å²) in [5, 5.41) is 0. The zero-order valence-electron chi connectivity index (χ0n) is 11.1. The Balaban J connectivity index is 0.00000147. The number of pyridine rings is 1. The molecule has 1 nitrogen and oxygen atoms in total. The Morgan fingerprint density at radius 2 is 1.70 bits per heavy atom. The number of aryl methyl sites for hydroxylation is 1. The number of rotatable bonds is 2. The standard InChI is InChI=1S/C18H14N.Ir/c1-14-7-6-12-19-18(14)17-11-5-10-16(13-17)15-8-3-2-4-9-15;/h2-10,12-13H,1H3;/q-1;. The minimum atomic E-state index is 0. The summed E-state index contributed by atoms with van der Waals surface area (Å²) in [6, 6.07) is 23.9. The van der Waals surface area contributed by atoms with Gasteiger partial charge in [0.25, 0.3) is 0 Å². The molecule has 0 saturated heterocycles. The molecule has 0 amide bonds. The van der Waals surface area contributed by atoms with E-state index in [9.17, 15) is 0 Å². The van der Waals surface area contributed by atoms with Crippen molar-refractivity contribution in [3.8, 4) is 22.4 Å². The second kappa shape index (κ2) is 6.60. The normalized spacial score (nSPS) is 9.85. The van der Waals surface area contributed by atoms with E-state index < -0.39 is 0 Å². The molecular formula is C18H14IrN-. The third-order valence-corrected chi connectivity index (χ3v) is 3.17. The van der Waals surface area contributed by atoms with E-state index in [0.29, 0.717) is 0 Å². The van der Waals surface area contributed by atoms with E-state index in [1.807, 2.05) is 24.4 Å². The Hall–Kier alpha value is -1.76.